The van der Waals surface area contributed by atoms with Gasteiger partial charge >= 0.3 is 0 Å². The zero-order valence-corrected chi connectivity index (χ0v) is 10.6. The molecule has 0 radical (unpaired) electrons. The predicted molar refractivity (Wildman–Crippen MR) is 72.5 cm³/mol. The van der Waals surface area contributed by atoms with E-state index in [9.17, 15) is 0 Å². The minimum absolute atomic E-state index is 0.0730. The Labute approximate surface area is 111 Å². The van der Waals surface area contributed by atoms with Crippen molar-refractivity contribution in [2.24, 2.45) is 5.73 Å². The smallest absolute Gasteiger partial charge is 0.230 e. The van der Waals surface area contributed by atoms with Crippen molar-refractivity contribution in [1.29, 1.82) is 5.41 Å². The Morgan fingerprint density at radius 2 is 2.16 bits per heavy atom. The lowest BCUT2D eigenvalue weighted by Gasteiger charge is -2.09. The summed E-state index contributed by atoms with van der Waals surface area (Å²) < 4.78 is 10.7. The first kappa shape index (κ1) is 13.0. The van der Waals surface area contributed by atoms with Gasteiger partial charge in [-0.2, -0.15) is 0 Å². The molecule has 5 heteroatoms. The summed E-state index contributed by atoms with van der Waals surface area (Å²) in [6, 6.07) is 10.9. The van der Waals surface area contributed by atoms with Crippen LogP contribution < -0.4 is 10.5 Å². The van der Waals surface area contributed by atoms with Crippen LogP contribution in [0.1, 0.15) is 11.1 Å². The van der Waals surface area contributed by atoms with Gasteiger partial charge in [0.1, 0.15) is 11.6 Å². The zero-order valence-electron chi connectivity index (χ0n) is 10.6. The van der Waals surface area contributed by atoms with Gasteiger partial charge in [-0.25, -0.2) is 4.98 Å². The third-order valence-electron chi connectivity index (χ3n) is 2.49. The molecule has 0 fully saturated rings. The van der Waals surface area contributed by atoms with Gasteiger partial charge in [0, 0.05) is 13.3 Å². The molecule has 3 N–H and O–H groups in total. The molecule has 0 aliphatic heterocycles. The Hall–Kier alpha value is -2.40. The number of methoxy groups -OCH3 is 1. The number of aromatic nitrogens is 1. The average molecular weight is 257 g/mol. The van der Waals surface area contributed by atoms with E-state index >= 15 is 0 Å². The molecule has 0 bridgehead atoms. The highest BCUT2D eigenvalue weighted by atomic mass is 16.5. The summed E-state index contributed by atoms with van der Waals surface area (Å²) in [5.41, 5.74) is 6.96. The lowest BCUT2D eigenvalue weighted by atomic mass is 10.2. The Bertz CT molecular complexity index is 584. The van der Waals surface area contributed by atoms with E-state index in [4.69, 9.17) is 20.6 Å². The molecule has 0 amide bonds. The number of nitrogen functional groups attached to an aromatic ring is 1. The molecule has 0 saturated carbocycles. The Morgan fingerprint density at radius 1 is 1.32 bits per heavy atom. The SMILES string of the molecule is COCc1cccc(Oc2ncccc2C(=N)N)c1. The van der Waals surface area contributed by atoms with Crippen molar-refractivity contribution in [1.82, 2.24) is 4.98 Å². The monoisotopic (exact) mass is 257 g/mol. The van der Waals surface area contributed by atoms with Crippen LogP contribution in [0.2, 0.25) is 0 Å². The van der Waals surface area contributed by atoms with Gasteiger partial charge in [0.2, 0.25) is 5.88 Å². The van der Waals surface area contributed by atoms with E-state index in [1.807, 2.05) is 24.3 Å². The maximum atomic E-state index is 7.49. The average Bonchev–Trinajstić information content (AvgIpc) is 2.40. The number of nitrogens with two attached hydrogens (primary N) is 1. The van der Waals surface area contributed by atoms with Gasteiger partial charge < -0.3 is 15.2 Å². The summed E-state index contributed by atoms with van der Waals surface area (Å²) in [5.74, 6) is 0.886. The minimum Gasteiger partial charge on any atom is -0.438 e. The maximum Gasteiger partial charge on any atom is 0.230 e. The number of hydrogen-bond donors (Lipinski definition) is 2. The number of pyridine rings is 1. The molecule has 2 rings (SSSR count). The number of benzene rings is 1. The molecular formula is C14H15N3O2. The number of amidine groups is 1. The van der Waals surface area contributed by atoms with Crippen LogP contribution in [0.15, 0.2) is 42.6 Å². The fraction of sp³-hybridized carbons (Fsp3) is 0.143. The van der Waals surface area contributed by atoms with E-state index in [1.54, 1.807) is 25.4 Å². The Morgan fingerprint density at radius 3 is 2.89 bits per heavy atom. The maximum absolute atomic E-state index is 7.49. The predicted octanol–water partition coefficient (Wildman–Crippen LogP) is 2.30. The molecule has 0 aliphatic carbocycles. The fourth-order valence-electron chi connectivity index (χ4n) is 1.65. The Balaban J connectivity index is 2.26. The van der Waals surface area contributed by atoms with Gasteiger partial charge in [-0.15, -0.1) is 0 Å². The molecule has 1 aromatic heterocycles. The van der Waals surface area contributed by atoms with E-state index in [0.717, 1.165) is 5.56 Å². The van der Waals surface area contributed by atoms with Crippen LogP contribution in [0.4, 0.5) is 0 Å². The first-order valence-electron chi connectivity index (χ1n) is 5.76. The summed E-state index contributed by atoms with van der Waals surface area (Å²) in [6.45, 7) is 0.513. The van der Waals surface area contributed by atoms with E-state index in [-0.39, 0.29) is 5.84 Å². The van der Waals surface area contributed by atoms with Crippen LogP contribution in [0, 0.1) is 5.41 Å². The number of hydrogen-bond acceptors (Lipinski definition) is 4. The van der Waals surface area contributed by atoms with Crippen molar-refractivity contribution in [3.8, 4) is 11.6 Å². The van der Waals surface area contributed by atoms with Crippen molar-refractivity contribution in [2.45, 2.75) is 6.61 Å². The highest BCUT2D eigenvalue weighted by Crippen LogP contribution is 2.23. The van der Waals surface area contributed by atoms with Crippen molar-refractivity contribution >= 4 is 5.84 Å². The molecule has 98 valence electrons. The molecule has 0 atom stereocenters. The molecular weight excluding hydrogens is 242 g/mol. The number of ether oxygens (including phenoxy) is 2. The third kappa shape index (κ3) is 3.29. The van der Waals surface area contributed by atoms with E-state index in [2.05, 4.69) is 4.98 Å². The lowest BCUT2D eigenvalue weighted by Crippen LogP contribution is -2.12. The summed E-state index contributed by atoms with van der Waals surface area (Å²) >= 11 is 0. The lowest BCUT2D eigenvalue weighted by molar-refractivity contribution is 0.184. The molecule has 2 aromatic rings. The molecule has 0 spiro atoms. The van der Waals surface area contributed by atoms with Crippen LogP contribution in [-0.4, -0.2) is 17.9 Å². The minimum atomic E-state index is -0.0730. The molecule has 0 aliphatic rings. The molecule has 1 aromatic carbocycles. The fourth-order valence-corrected chi connectivity index (χ4v) is 1.65. The van der Waals surface area contributed by atoms with Crippen LogP contribution in [0.25, 0.3) is 0 Å². The van der Waals surface area contributed by atoms with Crippen LogP contribution in [0.5, 0.6) is 11.6 Å². The van der Waals surface area contributed by atoms with Gasteiger partial charge in [-0.05, 0) is 29.8 Å². The van der Waals surface area contributed by atoms with E-state index < -0.39 is 0 Å². The van der Waals surface area contributed by atoms with Crippen LogP contribution >= 0.6 is 0 Å². The first-order valence-corrected chi connectivity index (χ1v) is 5.76. The normalized spacial score (nSPS) is 10.2. The van der Waals surface area contributed by atoms with Gasteiger partial charge in [-0.1, -0.05) is 12.1 Å². The van der Waals surface area contributed by atoms with Crippen molar-refractivity contribution in [3.05, 3.63) is 53.7 Å². The van der Waals surface area contributed by atoms with E-state index in [0.29, 0.717) is 23.8 Å². The highest BCUT2D eigenvalue weighted by Gasteiger charge is 2.08. The van der Waals surface area contributed by atoms with Gasteiger partial charge in [0.05, 0.1) is 12.2 Å². The van der Waals surface area contributed by atoms with Crippen molar-refractivity contribution in [3.63, 3.8) is 0 Å². The summed E-state index contributed by atoms with van der Waals surface area (Å²) in [4.78, 5) is 4.10. The number of nitrogens with zero attached hydrogens (tertiary/aromatic N) is 1. The van der Waals surface area contributed by atoms with Crippen LogP contribution in [0.3, 0.4) is 0 Å². The quantitative estimate of drug-likeness (QED) is 0.636. The summed E-state index contributed by atoms with van der Waals surface area (Å²) in [7, 11) is 1.64. The van der Waals surface area contributed by atoms with Crippen LogP contribution in [-0.2, 0) is 11.3 Å². The topological polar surface area (TPSA) is 81.2 Å². The summed E-state index contributed by atoms with van der Waals surface area (Å²) in [5, 5.41) is 7.49. The number of nitrogens with one attached hydrogen (secondary N) is 1. The van der Waals surface area contributed by atoms with Crippen molar-refractivity contribution < 1.29 is 9.47 Å². The van der Waals surface area contributed by atoms with Gasteiger partial charge in [-0.3, -0.25) is 5.41 Å². The second-order valence-corrected chi connectivity index (χ2v) is 3.95. The first-order chi connectivity index (χ1) is 9.20. The zero-order chi connectivity index (χ0) is 13.7. The Kier molecular flexibility index (Phi) is 4.10. The van der Waals surface area contributed by atoms with Gasteiger partial charge in [0.25, 0.3) is 0 Å². The highest BCUT2D eigenvalue weighted by molar-refractivity contribution is 5.97. The number of rotatable bonds is 5. The van der Waals surface area contributed by atoms with Gasteiger partial charge in [0.15, 0.2) is 0 Å². The van der Waals surface area contributed by atoms with E-state index in [1.165, 1.54) is 0 Å². The second kappa shape index (κ2) is 5.97. The summed E-state index contributed by atoms with van der Waals surface area (Å²) in [6.07, 6.45) is 1.60. The van der Waals surface area contributed by atoms with Crippen molar-refractivity contribution in [2.75, 3.05) is 7.11 Å². The molecule has 5 nitrogen and oxygen atoms in total. The second-order valence-electron chi connectivity index (χ2n) is 3.95. The largest absolute Gasteiger partial charge is 0.438 e. The standard InChI is InChI=1S/C14H15N3O2/c1-18-9-10-4-2-5-11(8-10)19-14-12(13(15)16)6-3-7-17-14/h2-8H,9H2,1H3,(H3,15,16). The molecule has 1 heterocycles. The molecule has 0 unspecified atom stereocenters. The molecule has 19 heavy (non-hydrogen) atoms. The third-order valence-corrected chi connectivity index (χ3v) is 2.49. The molecule has 0 saturated heterocycles.